The van der Waals surface area contributed by atoms with E-state index in [0.717, 1.165) is 0 Å². The number of para-hydroxylation sites is 1. The van der Waals surface area contributed by atoms with Crippen LogP contribution in [0.2, 0.25) is 0 Å². The molecule has 0 atom stereocenters. The van der Waals surface area contributed by atoms with Crippen LogP contribution in [0.5, 0.6) is 5.75 Å². The molecular formula is C19H19FN2O3S. The number of ether oxygens (including phenoxy) is 1. The van der Waals surface area contributed by atoms with Crippen LogP contribution >= 0.6 is 0 Å². The number of hydrogen-bond donors (Lipinski definition) is 0. The van der Waals surface area contributed by atoms with Gasteiger partial charge in [-0.25, -0.2) is 12.8 Å². The molecule has 1 heterocycles. The van der Waals surface area contributed by atoms with Crippen molar-refractivity contribution in [3.05, 3.63) is 59.9 Å². The summed E-state index contributed by atoms with van der Waals surface area (Å²) in [6, 6.07) is 14.4. The summed E-state index contributed by atoms with van der Waals surface area (Å²) in [7, 11) is -3.69. The van der Waals surface area contributed by atoms with Crippen LogP contribution in [0, 0.1) is 23.1 Å². The van der Waals surface area contributed by atoms with Crippen molar-refractivity contribution in [1.82, 2.24) is 4.31 Å². The van der Waals surface area contributed by atoms with E-state index in [2.05, 4.69) is 0 Å². The molecule has 1 aliphatic heterocycles. The number of hydrogen-bond acceptors (Lipinski definition) is 4. The van der Waals surface area contributed by atoms with Gasteiger partial charge in [0, 0.05) is 13.1 Å². The smallest absolute Gasteiger partial charge is 0.244 e. The van der Waals surface area contributed by atoms with E-state index in [0.29, 0.717) is 32.5 Å². The van der Waals surface area contributed by atoms with Crippen LogP contribution in [-0.2, 0) is 10.0 Å². The van der Waals surface area contributed by atoms with E-state index in [1.165, 1.54) is 22.5 Å². The lowest BCUT2D eigenvalue weighted by atomic mass is 9.99. The molecule has 26 heavy (non-hydrogen) atoms. The molecule has 5 nitrogen and oxygen atoms in total. The molecule has 0 bridgehead atoms. The Hall–Kier alpha value is -2.43. The monoisotopic (exact) mass is 374 g/mol. The molecule has 0 amide bonds. The van der Waals surface area contributed by atoms with Crippen LogP contribution in [0.15, 0.2) is 53.4 Å². The highest BCUT2D eigenvalue weighted by Crippen LogP contribution is 2.26. The van der Waals surface area contributed by atoms with Gasteiger partial charge in [0.05, 0.1) is 17.1 Å². The summed E-state index contributed by atoms with van der Waals surface area (Å²) in [4.78, 5) is 0.0450. The van der Waals surface area contributed by atoms with E-state index in [-0.39, 0.29) is 22.1 Å². The van der Waals surface area contributed by atoms with Gasteiger partial charge in [-0.2, -0.15) is 9.57 Å². The third-order valence-electron chi connectivity index (χ3n) is 4.51. The summed E-state index contributed by atoms with van der Waals surface area (Å²) in [6.45, 7) is 1.06. The molecule has 0 unspecified atom stereocenters. The molecule has 1 fully saturated rings. The molecule has 0 saturated carbocycles. The molecule has 0 radical (unpaired) electrons. The standard InChI is InChI=1S/C19H19FN2O3S/c20-17-6-2-3-7-18(17)25-14-15-9-11-22(12-10-15)26(23,24)19-8-4-1-5-16(19)13-21/h1-8,15H,9-12,14H2. The number of halogens is 1. The van der Waals surface area contributed by atoms with Crippen molar-refractivity contribution in [2.45, 2.75) is 17.7 Å². The molecule has 3 rings (SSSR count). The summed E-state index contributed by atoms with van der Waals surface area (Å²) in [5.41, 5.74) is 0.150. The minimum atomic E-state index is -3.69. The first kappa shape index (κ1) is 18.4. The molecule has 0 aliphatic carbocycles. The summed E-state index contributed by atoms with van der Waals surface area (Å²) in [5.74, 6) is -0.0293. The lowest BCUT2D eigenvalue weighted by molar-refractivity contribution is 0.181. The van der Waals surface area contributed by atoms with E-state index in [1.54, 1.807) is 30.3 Å². The van der Waals surface area contributed by atoms with E-state index in [1.807, 2.05) is 6.07 Å². The largest absolute Gasteiger partial charge is 0.490 e. The molecule has 0 N–H and O–H groups in total. The molecular weight excluding hydrogens is 355 g/mol. The van der Waals surface area contributed by atoms with Gasteiger partial charge >= 0.3 is 0 Å². The Morgan fingerprint density at radius 3 is 2.46 bits per heavy atom. The number of sulfonamides is 1. The van der Waals surface area contributed by atoms with Gasteiger partial charge in [-0.15, -0.1) is 0 Å². The molecule has 1 saturated heterocycles. The Morgan fingerprint density at radius 2 is 1.77 bits per heavy atom. The first-order valence-corrected chi connectivity index (χ1v) is 9.83. The fraction of sp³-hybridized carbons (Fsp3) is 0.316. The van der Waals surface area contributed by atoms with Crippen molar-refractivity contribution in [3.8, 4) is 11.8 Å². The number of benzene rings is 2. The zero-order chi connectivity index (χ0) is 18.6. The molecule has 7 heteroatoms. The molecule has 0 spiro atoms. The Bertz CT molecular complexity index is 916. The second-order valence-corrected chi connectivity index (χ2v) is 8.10. The van der Waals surface area contributed by atoms with Crippen LogP contribution in [0.4, 0.5) is 4.39 Å². The lowest BCUT2D eigenvalue weighted by Crippen LogP contribution is -2.39. The topological polar surface area (TPSA) is 70.4 Å². The van der Waals surface area contributed by atoms with Gasteiger partial charge < -0.3 is 4.74 Å². The van der Waals surface area contributed by atoms with Gasteiger partial charge in [-0.05, 0) is 43.0 Å². The van der Waals surface area contributed by atoms with Gasteiger partial charge in [0.2, 0.25) is 10.0 Å². The van der Waals surface area contributed by atoms with Crippen LogP contribution in [0.1, 0.15) is 18.4 Å². The van der Waals surface area contributed by atoms with Gasteiger partial charge in [0.25, 0.3) is 0 Å². The van der Waals surface area contributed by atoms with Crippen molar-refractivity contribution in [3.63, 3.8) is 0 Å². The zero-order valence-electron chi connectivity index (χ0n) is 14.1. The Labute approximate surface area is 152 Å². The molecule has 2 aromatic rings. The Balaban J connectivity index is 1.61. The van der Waals surface area contributed by atoms with Crippen LogP contribution in [-0.4, -0.2) is 32.4 Å². The first-order chi connectivity index (χ1) is 12.5. The van der Waals surface area contributed by atoms with E-state index in [4.69, 9.17) is 10.00 Å². The number of nitrogens with zero attached hydrogens (tertiary/aromatic N) is 2. The second kappa shape index (κ2) is 7.85. The average Bonchev–Trinajstić information content (AvgIpc) is 2.67. The highest BCUT2D eigenvalue weighted by Gasteiger charge is 2.31. The summed E-state index contributed by atoms with van der Waals surface area (Å²) in [5, 5.41) is 9.14. The number of piperidine rings is 1. The highest BCUT2D eigenvalue weighted by molar-refractivity contribution is 7.89. The van der Waals surface area contributed by atoms with Gasteiger partial charge in [-0.3, -0.25) is 0 Å². The minimum Gasteiger partial charge on any atom is -0.490 e. The summed E-state index contributed by atoms with van der Waals surface area (Å²) < 4.78 is 46.1. The van der Waals surface area contributed by atoms with Crippen molar-refractivity contribution in [2.24, 2.45) is 5.92 Å². The fourth-order valence-corrected chi connectivity index (χ4v) is 4.62. The predicted octanol–water partition coefficient (Wildman–Crippen LogP) is 3.18. The van der Waals surface area contributed by atoms with Crippen LogP contribution in [0.25, 0.3) is 0 Å². The third kappa shape index (κ3) is 3.87. The quantitative estimate of drug-likeness (QED) is 0.806. The third-order valence-corrected chi connectivity index (χ3v) is 6.47. The summed E-state index contributed by atoms with van der Waals surface area (Å²) in [6.07, 6.45) is 1.25. The average molecular weight is 374 g/mol. The molecule has 1 aliphatic rings. The Kier molecular flexibility index (Phi) is 5.55. The van der Waals surface area contributed by atoms with Gasteiger partial charge in [0.15, 0.2) is 11.6 Å². The Morgan fingerprint density at radius 1 is 1.12 bits per heavy atom. The SMILES string of the molecule is N#Cc1ccccc1S(=O)(=O)N1CCC(COc2ccccc2F)CC1. The molecule has 0 aromatic heterocycles. The maximum atomic E-state index is 13.6. The minimum absolute atomic E-state index is 0.0450. The maximum absolute atomic E-state index is 13.6. The number of nitriles is 1. The first-order valence-electron chi connectivity index (χ1n) is 8.39. The molecule has 136 valence electrons. The van der Waals surface area contributed by atoms with Gasteiger partial charge in [-0.1, -0.05) is 24.3 Å². The van der Waals surface area contributed by atoms with Gasteiger partial charge in [0.1, 0.15) is 6.07 Å². The lowest BCUT2D eigenvalue weighted by Gasteiger charge is -2.31. The zero-order valence-corrected chi connectivity index (χ0v) is 15.0. The predicted molar refractivity (Wildman–Crippen MR) is 94.5 cm³/mol. The van der Waals surface area contributed by atoms with Crippen molar-refractivity contribution in [2.75, 3.05) is 19.7 Å². The van der Waals surface area contributed by atoms with Crippen LogP contribution in [0.3, 0.4) is 0 Å². The van der Waals surface area contributed by atoms with Crippen molar-refractivity contribution < 1.29 is 17.5 Å². The van der Waals surface area contributed by atoms with Crippen molar-refractivity contribution in [1.29, 1.82) is 5.26 Å². The van der Waals surface area contributed by atoms with E-state index >= 15 is 0 Å². The van der Waals surface area contributed by atoms with Crippen molar-refractivity contribution >= 4 is 10.0 Å². The summed E-state index contributed by atoms with van der Waals surface area (Å²) >= 11 is 0. The fourth-order valence-electron chi connectivity index (χ4n) is 3.01. The maximum Gasteiger partial charge on any atom is 0.244 e. The highest BCUT2D eigenvalue weighted by atomic mass is 32.2. The van der Waals surface area contributed by atoms with E-state index < -0.39 is 15.8 Å². The van der Waals surface area contributed by atoms with E-state index in [9.17, 15) is 12.8 Å². The van der Waals surface area contributed by atoms with Crippen LogP contribution < -0.4 is 4.74 Å². The second-order valence-electron chi connectivity index (χ2n) is 6.20. The molecule has 2 aromatic carbocycles. The number of rotatable bonds is 5. The normalized spacial score (nSPS) is 16.2.